The van der Waals surface area contributed by atoms with Crippen molar-refractivity contribution in [3.8, 4) is 0 Å². The first-order chi connectivity index (χ1) is 14.9. The Bertz CT molecular complexity index is 1310. The first-order valence-electron chi connectivity index (χ1n) is 10.3. The molecular formula is C21H20ClF2N7. The molecule has 31 heavy (non-hydrogen) atoms. The van der Waals surface area contributed by atoms with Crippen molar-refractivity contribution in [1.29, 1.82) is 0 Å². The molecule has 0 bridgehead atoms. The quantitative estimate of drug-likeness (QED) is 0.479. The van der Waals surface area contributed by atoms with E-state index in [4.69, 9.17) is 16.6 Å². The van der Waals surface area contributed by atoms with Crippen LogP contribution in [0, 0.1) is 0 Å². The number of likely N-dealkylation sites (tertiary alicyclic amines) is 1. The lowest BCUT2D eigenvalue weighted by atomic mass is 10.1. The summed E-state index contributed by atoms with van der Waals surface area (Å²) < 4.78 is 33.6. The molecule has 0 spiro atoms. The Morgan fingerprint density at radius 2 is 2.06 bits per heavy atom. The lowest BCUT2D eigenvalue weighted by Gasteiger charge is -2.22. The number of hydrogen-bond donors (Lipinski definition) is 0. The number of hydrogen-bond acceptors (Lipinski definition) is 5. The largest absolute Gasteiger partial charge is 0.315 e. The van der Waals surface area contributed by atoms with Gasteiger partial charge < -0.3 is 4.57 Å². The van der Waals surface area contributed by atoms with Gasteiger partial charge >= 0.3 is 0 Å². The highest BCUT2D eigenvalue weighted by Crippen LogP contribution is 2.41. The molecule has 6 rings (SSSR count). The Morgan fingerprint density at radius 1 is 1.23 bits per heavy atom. The molecule has 10 heteroatoms. The van der Waals surface area contributed by atoms with Gasteiger partial charge in [0.15, 0.2) is 0 Å². The molecule has 1 atom stereocenters. The molecule has 2 fully saturated rings. The zero-order valence-electron chi connectivity index (χ0n) is 16.8. The van der Waals surface area contributed by atoms with E-state index in [1.165, 1.54) is 0 Å². The maximum atomic E-state index is 15.1. The smallest absolute Gasteiger partial charge is 0.282 e. The molecule has 4 aromatic rings. The van der Waals surface area contributed by atoms with E-state index in [-0.39, 0.29) is 19.6 Å². The molecule has 1 aliphatic heterocycles. The summed E-state index contributed by atoms with van der Waals surface area (Å²) in [7, 11) is 1.71. The van der Waals surface area contributed by atoms with Crippen LogP contribution in [0.1, 0.15) is 36.3 Å². The number of rotatable bonds is 4. The van der Waals surface area contributed by atoms with Crippen LogP contribution >= 0.6 is 11.6 Å². The minimum atomic E-state index is -2.90. The van der Waals surface area contributed by atoms with Crippen molar-refractivity contribution in [1.82, 2.24) is 34.4 Å². The molecule has 1 aromatic carbocycles. The third-order valence-corrected chi connectivity index (χ3v) is 6.41. The van der Waals surface area contributed by atoms with Gasteiger partial charge in [-0.05, 0) is 38.1 Å². The average molecular weight is 444 g/mol. The zero-order chi connectivity index (χ0) is 21.3. The second kappa shape index (κ2) is 6.67. The van der Waals surface area contributed by atoms with E-state index in [9.17, 15) is 0 Å². The molecule has 4 heterocycles. The summed E-state index contributed by atoms with van der Waals surface area (Å²) in [6.45, 7) is 0.184. The highest BCUT2D eigenvalue weighted by molar-refractivity contribution is 6.31. The number of benzene rings is 1. The van der Waals surface area contributed by atoms with Gasteiger partial charge in [-0.1, -0.05) is 16.8 Å². The molecule has 1 saturated heterocycles. The van der Waals surface area contributed by atoms with Crippen molar-refractivity contribution >= 4 is 33.5 Å². The van der Waals surface area contributed by atoms with E-state index >= 15 is 8.78 Å². The van der Waals surface area contributed by atoms with Crippen LogP contribution in [-0.2, 0) is 6.54 Å². The van der Waals surface area contributed by atoms with Crippen molar-refractivity contribution in [3.63, 3.8) is 0 Å². The predicted molar refractivity (Wildman–Crippen MR) is 113 cm³/mol. The van der Waals surface area contributed by atoms with Gasteiger partial charge in [0.2, 0.25) is 0 Å². The van der Waals surface area contributed by atoms with E-state index in [1.54, 1.807) is 45.6 Å². The fraction of sp³-hybridized carbons (Fsp3) is 0.429. The van der Waals surface area contributed by atoms with Crippen molar-refractivity contribution in [2.24, 2.45) is 0 Å². The fourth-order valence-electron chi connectivity index (χ4n) is 4.58. The van der Waals surface area contributed by atoms with E-state index in [0.29, 0.717) is 38.7 Å². The summed E-state index contributed by atoms with van der Waals surface area (Å²) in [4.78, 5) is 10.8. The van der Waals surface area contributed by atoms with Gasteiger partial charge in [-0.2, -0.15) is 0 Å². The van der Waals surface area contributed by atoms with Crippen LogP contribution in [0.15, 0.2) is 30.6 Å². The second-order valence-corrected chi connectivity index (χ2v) is 9.08. The van der Waals surface area contributed by atoms with Gasteiger partial charge in [0.05, 0.1) is 29.5 Å². The molecule has 0 amide bonds. The first kappa shape index (κ1) is 19.1. The highest BCUT2D eigenvalue weighted by atomic mass is 35.5. The van der Waals surface area contributed by atoms with Crippen LogP contribution in [0.4, 0.5) is 8.78 Å². The van der Waals surface area contributed by atoms with E-state index in [1.807, 2.05) is 6.20 Å². The Kier molecular flexibility index (Phi) is 4.10. The summed E-state index contributed by atoms with van der Waals surface area (Å²) in [6.07, 6.45) is 5.78. The molecule has 0 N–H and O–H groups in total. The number of nitrogens with zero attached hydrogens (tertiary/aromatic N) is 7. The second-order valence-electron chi connectivity index (χ2n) is 8.64. The molecule has 3 aromatic heterocycles. The van der Waals surface area contributed by atoms with Crippen LogP contribution in [0.5, 0.6) is 0 Å². The normalized spacial score (nSPS) is 21.5. The minimum Gasteiger partial charge on any atom is -0.315 e. The minimum absolute atomic E-state index is 0.223. The molecule has 1 saturated carbocycles. The van der Waals surface area contributed by atoms with Gasteiger partial charge in [0.25, 0.3) is 5.92 Å². The third-order valence-electron chi connectivity index (χ3n) is 6.17. The van der Waals surface area contributed by atoms with Crippen LogP contribution in [-0.4, -0.2) is 60.5 Å². The molecule has 7 nitrogen and oxygen atoms in total. The predicted octanol–water partition coefficient (Wildman–Crippen LogP) is 3.88. The van der Waals surface area contributed by atoms with Crippen molar-refractivity contribution in [3.05, 3.63) is 47.1 Å². The Hall–Kier alpha value is -2.65. The summed E-state index contributed by atoms with van der Waals surface area (Å²) in [5.74, 6) is -1.92. The number of aromatic nitrogens is 6. The van der Waals surface area contributed by atoms with Crippen molar-refractivity contribution < 1.29 is 8.78 Å². The molecule has 1 aliphatic carbocycles. The highest BCUT2D eigenvalue weighted by Gasteiger charge is 2.49. The average Bonchev–Trinajstić information content (AvgIpc) is 3.25. The lowest BCUT2D eigenvalue weighted by Crippen LogP contribution is -2.31. The number of alkyl halides is 2. The van der Waals surface area contributed by atoms with Crippen LogP contribution in [0.3, 0.4) is 0 Å². The van der Waals surface area contributed by atoms with Gasteiger partial charge in [0, 0.05) is 29.1 Å². The fourth-order valence-corrected chi connectivity index (χ4v) is 4.75. The standard InChI is InChI=1S/C21H20ClF2N7/c1-29-9-18(21(23,24)11-29)31-19(10-30-8-17(27-28-30)12-2-3-12)26-16-7-25-15-5-4-13(22)6-14(15)20(16)31/h4-8,12,18H,2-3,9-11H2,1H3. The van der Waals surface area contributed by atoms with Gasteiger partial charge in [-0.25, -0.2) is 18.4 Å². The molecule has 160 valence electrons. The molecule has 0 radical (unpaired) electrons. The molecule has 1 unspecified atom stereocenters. The van der Waals surface area contributed by atoms with E-state index in [0.717, 1.165) is 18.5 Å². The SMILES string of the molecule is CN1CC(n2c(Cn3cc(C4CC4)nn3)nc3cnc4ccc(Cl)cc4c32)C(F)(F)C1. The number of halogens is 3. The van der Waals surface area contributed by atoms with Gasteiger partial charge in [-0.15, -0.1) is 5.10 Å². The third kappa shape index (κ3) is 3.18. The summed E-state index contributed by atoms with van der Waals surface area (Å²) in [5, 5.41) is 9.70. The maximum Gasteiger partial charge on any atom is 0.282 e. The van der Waals surface area contributed by atoms with Crippen LogP contribution < -0.4 is 0 Å². The molecule has 2 aliphatic rings. The van der Waals surface area contributed by atoms with Gasteiger partial charge in [0.1, 0.15) is 23.9 Å². The number of fused-ring (bicyclic) bond motifs is 3. The Morgan fingerprint density at radius 3 is 2.81 bits per heavy atom. The summed E-state index contributed by atoms with van der Waals surface area (Å²) in [5.41, 5.74) is 2.84. The van der Waals surface area contributed by atoms with Crippen molar-refractivity contribution in [2.45, 2.75) is 37.3 Å². The maximum absolute atomic E-state index is 15.1. The number of pyridine rings is 1. The first-order valence-corrected chi connectivity index (χ1v) is 10.7. The number of likely N-dealkylation sites (N-methyl/N-ethyl adjacent to an activating group) is 1. The van der Waals surface area contributed by atoms with Crippen molar-refractivity contribution in [2.75, 3.05) is 20.1 Å². The van der Waals surface area contributed by atoms with Crippen LogP contribution in [0.2, 0.25) is 5.02 Å². The number of imidazole rings is 1. The summed E-state index contributed by atoms with van der Waals surface area (Å²) in [6, 6.07) is 4.27. The van der Waals surface area contributed by atoms with E-state index < -0.39 is 12.0 Å². The lowest BCUT2D eigenvalue weighted by molar-refractivity contribution is -0.0202. The van der Waals surface area contributed by atoms with Crippen LogP contribution in [0.25, 0.3) is 21.9 Å². The Labute approximate surface area is 181 Å². The van der Waals surface area contributed by atoms with Gasteiger partial charge in [-0.3, -0.25) is 9.88 Å². The molecular weight excluding hydrogens is 424 g/mol. The Balaban J connectivity index is 1.56. The summed E-state index contributed by atoms with van der Waals surface area (Å²) >= 11 is 6.25. The van der Waals surface area contributed by atoms with E-state index in [2.05, 4.69) is 15.3 Å². The topological polar surface area (TPSA) is 64.7 Å². The zero-order valence-corrected chi connectivity index (χ0v) is 17.6. The monoisotopic (exact) mass is 443 g/mol.